The summed E-state index contributed by atoms with van der Waals surface area (Å²) in [6.45, 7) is 13.5. The zero-order chi connectivity index (χ0) is 32.3. The van der Waals surface area contributed by atoms with E-state index in [1.807, 2.05) is 65.1 Å². The fourth-order valence-corrected chi connectivity index (χ4v) is 5.62. The minimum absolute atomic E-state index is 0.00157. The fraction of sp³-hybridized carbons (Fsp3) is 0.455. The second kappa shape index (κ2) is 11.0. The van der Waals surface area contributed by atoms with Gasteiger partial charge in [-0.1, -0.05) is 41.5 Å². The van der Waals surface area contributed by atoms with Gasteiger partial charge in [-0.05, 0) is 36.6 Å². The Hall–Kier alpha value is -4.28. The first kappa shape index (κ1) is 31.2. The van der Waals surface area contributed by atoms with E-state index in [1.165, 1.54) is 13.2 Å². The molecule has 0 bridgehead atoms. The van der Waals surface area contributed by atoms with Crippen LogP contribution in [0.1, 0.15) is 80.6 Å². The number of amides is 1. The summed E-state index contributed by atoms with van der Waals surface area (Å²) in [5.41, 5.74) is 4.44. The Bertz CT molecular complexity index is 1780. The number of nitrogens with one attached hydrogen (secondary N) is 1. The van der Waals surface area contributed by atoms with Crippen LogP contribution < -0.4 is 10.1 Å². The van der Waals surface area contributed by atoms with Crippen LogP contribution in [0.15, 0.2) is 30.5 Å². The van der Waals surface area contributed by atoms with E-state index in [-0.39, 0.29) is 41.9 Å². The molecule has 0 aliphatic heterocycles. The number of pyridine rings is 1. The Balaban J connectivity index is 1.45. The van der Waals surface area contributed by atoms with Crippen LogP contribution in [0.2, 0.25) is 0 Å². The minimum Gasteiger partial charge on any atom is -0.489 e. The highest BCUT2D eigenvalue weighted by atomic mass is 19.2. The van der Waals surface area contributed by atoms with Crippen LogP contribution in [0.3, 0.4) is 0 Å². The molecule has 9 nitrogen and oxygen atoms in total. The van der Waals surface area contributed by atoms with Gasteiger partial charge in [-0.3, -0.25) is 9.48 Å². The number of aryl methyl sites for hydroxylation is 1. The molecule has 234 valence electrons. The normalized spacial score (nSPS) is 15.2. The van der Waals surface area contributed by atoms with Gasteiger partial charge < -0.3 is 19.2 Å². The number of fused-ring (bicyclic) bond motifs is 3. The molecule has 0 saturated heterocycles. The van der Waals surface area contributed by atoms with E-state index in [9.17, 15) is 14.0 Å². The molecule has 1 aliphatic carbocycles. The number of carbonyl (C=O) groups excluding carboxylic acids is 2. The van der Waals surface area contributed by atoms with E-state index in [2.05, 4.69) is 10.4 Å². The number of hydrogen-bond donors (Lipinski definition) is 1. The third kappa shape index (κ3) is 5.55. The predicted molar refractivity (Wildman–Crippen MR) is 162 cm³/mol. The average Bonchev–Trinajstić information content (AvgIpc) is 3.39. The van der Waals surface area contributed by atoms with Crippen LogP contribution in [0.4, 0.5) is 13.6 Å². The molecule has 3 heterocycles. The maximum atomic E-state index is 15.3. The molecule has 3 aromatic heterocycles. The number of rotatable bonds is 8. The lowest BCUT2D eigenvalue weighted by Crippen LogP contribution is -2.45. The molecule has 2 unspecified atom stereocenters. The first-order chi connectivity index (χ1) is 20.5. The predicted octanol–water partition coefficient (Wildman–Crippen LogP) is 6.39. The van der Waals surface area contributed by atoms with Crippen molar-refractivity contribution >= 4 is 17.5 Å². The van der Waals surface area contributed by atoms with Crippen LogP contribution in [0.25, 0.3) is 16.8 Å². The molecule has 4 aromatic rings. The third-order valence-corrected chi connectivity index (χ3v) is 8.23. The molecular formula is C33H39F2N5O4. The van der Waals surface area contributed by atoms with Crippen molar-refractivity contribution in [2.24, 2.45) is 17.9 Å². The number of methoxy groups -OCH3 is 1. The average molecular weight is 608 g/mol. The Morgan fingerprint density at radius 1 is 1.09 bits per heavy atom. The summed E-state index contributed by atoms with van der Waals surface area (Å²) in [4.78, 5) is 29.9. The molecule has 11 heteroatoms. The molecule has 1 aromatic carbocycles. The SMILES string of the molecule is COC(=O)NC(C1c2nc3ccc(-c4ccc(F)c(F)c4OCCc4c(C(=O)C(C)(C)C)nn(C)c4C)cn3c21)C(C)(C)C. The second-order valence-electron chi connectivity index (χ2n) is 13.4. The van der Waals surface area contributed by atoms with Crippen molar-refractivity contribution in [1.82, 2.24) is 24.5 Å². The van der Waals surface area contributed by atoms with Gasteiger partial charge in [0.25, 0.3) is 0 Å². The van der Waals surface area contributed by atoms with E-state index in [0.29, 0.717) is 28.0 Å². The lowest BCUT2D eigenvalue weighted by Gasteiger charge is -2.31. The third-order valence-electron chi connectivity index (χ3n) is 8.23. The van der Waals surface area contributed by atoms with E-state index < -0.39 is 23.1 Å². The standard InChI is InChI=1S/C33H39F2N5O4/c1-17-19(25(38-39(17)8)30(41)33(5,6)7)14-15-44-28-20(11-12-21(34)24(28)35)18-10-13-22-36-26-23(27(26)40(22)16-18)29(32(2,3)4)37-31(42)43-9/h10-13,16,23,29H,14-15H2,1-9H3,(H,37,42). The molecule has 0 fully saturated rings. The largest absolute Gasteiger partial charge is 0.489 e. The smallest absolute Gasteiger partial charge is 0.407 e. The maximum Gasteiger partial charge on any atom is 0.407 e. The monoisotopic (exact) mass is 607 g/mol. The van der Waals surface area contributed by atoms with Crippen molar-refractivity contribution in [2.75, 3.05) is 13.7 Å². The van der Waals surface area contributed by atoms with Crippen molar-refractivity contribution in [2.45, 2.75) is 66.8 Å². The molecule has 0 saturated carbocycles. The molecule has 1 N–H and O–H groups in total. The van der Waals surface area contributed by atoms with Gasteiger partial charge in [0.1, 0.15) is 11.3 Å². The zero-order valence-corrected chi connectivity index (χ0v) is 26.6. The number of hydrogen-bond acceptors (Lipinski definition) is 6. The first-order valence-corrected chi connectivity index (χ1v) is 14.6. The summed E-state index contributed by atoms with van der Waals surface area (Å²) in [5.74, 6) is -2.55. The Morgan fingerprint density at radius 3 is 2.43 bits per heavy atom. The highest BCUT2D eigenvalue weighted by molar-refractivity contribution is 5.99. The second-order valence-corrected chi connectivity index (χ2v) is 13.4. The highest BCUT2D eigenvalue weighted by Gasteiger charge is 2.50. The Kier molecular flexibility index (Phi) is 7.80. The van der Waals surface area contributed by atoms with E-state index in [0.717, 1.165) is 23.1 Å². The number of benzene rings is 1. The first-order valence-electron chi connectivity index (χ1n) is 14.6. The summed E-state index contributed by atoms with van der Waals surface area (Å²) in [5, 5.41) is 7.37. The fourth-order valence-electron chi connectivity index (χ4n) is 5.62. The van der Waals surface area contributed by atoms with Crippen LogP contribution in [-0.2, 0) is 18.2 Å². The van der Waals surface area contributed by atoms with E-state index >= 15 is 4.39 Å². The molecule has 1 amide bonds. The quantitative estimate of drug-likeness (QED) is 0.233. The number of ether oxygens (including phenoxy) is 2. The van der Waals surface area contributed by atoms with Crippen molar-refractivity contribution < 1.29 is 27.8 Å². The zero-order valence-electron chi connectivity index (χ0n) is 26.6. The lowest BCUT2D eigenvalue weighted by molar-refractivity contribution is 0.0851. The summed E-state index contributed by atoms with van der Waals surface area (Å²) in [7, 11) is 3.09. The van der Waals surface area contributed by atoms with Crippen molar-refractivity contribution in [3.05, 3.63) is 70.4 Å². The van der Waals surface area contributed by atoms with Crippen molar-refractivity contribution in [3.8, 4) is 16.9 Å². The van der Waals surface area contributed by atoms with Gasteiger partial charge in [0.2, 0.25) is 5.82 Å². The number of nitrogens with zero attached hydrogens (tertiary/aromatic N) is 4. The van der Waals surface area contributed by atoms with Crippen molar-refractivity contribution in [3.63, 3.8) is 0 Å². The van der Waals surface area contributed by atoms with Gasteiger partial charge in [-0.25, -0.2) is 14.2 Å². The summed E-state index contributed by atoms with van der Waals surface area (Å²) in [6.07, 6.45) is 1.59. The van der Waals surface area contributed by atoms with Gasteiger partial charge in [-0.15, -0.1) is 0 Å². The number of carbonyl (C=O) groups is 2. The van der Waals surface area contributed by atoms with Gasteiger partial charge in [0, 0.05) is 47.5 Å². The number of aromatic nitrogens is 4. The molecule has 2 atom stereocenters. The molecule has 0 spiro atoms. The summed E-state index contributed by atoms with van der Waals surface area (Å²) in [6, 6.07) is 5.90. The number of Topliss-reactive ketones (excluding diaryl/α,β-unsaturated/α-hetero) is 1. The Morgan fingerprint density at radius 2 is 1.80 bits per heavy atom. The summed E-state index contributed by atoms with van der Waals surface area (Å²) < 4.78 is 44.1. The van der Waals surface area contributed by atoms with Crippen LogP contribution in [0.5, 0.6) is 5.75 Å². The van der Waals surface area contributed by atoms with E-state index in [4.69, 9.17) is 14.5 Å². The van der Waals surface area contributed by atoms with Crippen LogP contribution in [0, 0.1) is 29.4 Å². The molecule has 1 aliphatic rings. The Labute approximate surface area is 255 Å². The topological polar surface area (TPSA) is 99.8 Å². The maximum absolute atomic E-state index is 15.3. The molecule has 44 heavy (non-hydrogen) atoms. The lowest BCUT2D eigenvalue weighted by atomic mass is 9.83. The van der Waals surface area contributed by atoms with Crippen molar-refractivity contribution in [1.29, 1.82) is 0 Å². The van der Waals surface area contributed by atoms with Gasteiger partial charge in [0.05, 0.1) is 37.1 Å². The highest BCUT2D eigenvalue weighted by Crippen LogP contribution is 2.50. The van der Waals surface area contributed by atoms with Gasteiger partial charge in [-0.2, -0.15) is 9.49 Å². The van der Waals surface area contributed by atoms with Crippen LogP contribution in [-0.4, -0.2) is 50.8 Å². The summed E-state index contributed by atoms with van der Waals surface area (Å²) >= 11 is 0. The molecule has 0 radical (unpaired) electrons. The van der Waals surface area contributed by atoms with Gasteiger partial charge >= 0.3 is 6.09 Å². The number of halogens is 2. The van der Waals surface area contributed by atoms with E-state index in [1.54, 1.807) is 17.8 Å². The molecule has 5 rings (SSSR count). The molecular weight excluding hydrogens is 568 g/mol. The number of alkyl carbamates (subject to hydrolysis) is 1. The number of ketones is 1. The number of imidazole rings is 1. The van der Waals surface area contributed by atoms with Crippen LogP contribution >= 0.6 is 0 Å². The van der Waals surface area contributed by atoms with Gasteiger partial charge in [0.15, 0.2) is 17.3 Å². The minimum atomic E-state index is -1.09.